The minimum Gasteiger partial charge on any atom is -0.450 e. The smallest absolute Gasteiger partial charge is 0.322 e. The number of aryl methyl sites for hydroxylation is 2. The topological polar surface area (TPSA) is 55.8 Å². The van der Waals surface area contributed by atoms with E-state index in [0.717, 1.165) is 16.7 Å². The number of rotatable bonds is 2. The standard InChI is InChI=1S/C17H21NO4/c1-11-4-5-13(12(2)10-11)14-15(19)17(22-16(14)20)6-8-18(21-3)9-7-17/h4-5,10,14H,6-9H2,1-3H3. The molecule has 0 aliphatic carbocycles. The Kier molecular flexibility index (Phi) is 3.78. The number of piperidine rings is 1. The summed E-state index contributed by atoms with van der Waals surface area (Å²) < 4.78 is 5.58. The minimum atomic E-state index is -0.964. The fraction of sp³-hybridized carbons (Fsp3) is 0.529. The lowest BCUT2D eigenvalue weighted by molar-refractivity contribution is -0.184. The average Bonchev–Trinajstić information content (AvgIpc) is 2.72. The Morgan fingerprint density at radius 1 is 1.23 bits per heavy atom. The first-order valence-electron chi connectivity index (χ1n) is 7.60. The van der Waals surface area contributed by atoms with Crippen molar-refractivity contribution >= 4 is 11.8 Å². The van der Waals surface area contributed by atoms with E-state index in [1.807, 2.05) is 32.0 Å². The monoisotopic (exact) mass is 303 g/mol. The van der Waals surface area contributed by atoms with Crippen LogP contribution in [-0.2, 0) is 19.2 Å². The number of ketones is 1. The molecule has 5 nitrogen and oxygen atoms in total. The van der Waals surface area contributed by atoms with Crippen LogP contribution in [0.1, 0.15) is 35.4 Å². The molecule has 1 aromatic rings. The molecule has 2 saturated heterocycles. The van der Waals surface area contributed by atoms with E-state index in [1.165, 1.54) is 0 Å². The van der Waals surface area contributed by atoms with Crippen LogP contribution in [0, 0.1) is 13.8 Å². The van der Waals surface area contributed by atoms with Crippen molar-refractivity contribution in [3.05, 3.63) is 34.9 Å². The van der Waals surface area contributed by atoms with Crippen LogP contribution in [0.5, 0.6) is 0 Å². The number of carbonyl (C=O) groups excluding carboxylic acids is 2. The van der Waals surface area contributed by atoms with Crippen molar-refractivity contribution in [3.8, 4) is 0 Å². The Hall–Kier alpha value is -1.72. The molecule has 1 unspecified atom stereocenters. The van der Waals surface area contributed by atoms with E-state index in [1.54, 1.807) is 12.2 Å². The highest BCUT2D eigenvalue weighted by atomic mass is 16.7. The summed E-state index contributed by atoms with van der Waals surface area (Å²) in [6.07, 6.45) is 0.986. The summed E-state index contributed by atoms with van der Waals surface area (Å²) in [6, 6.07) is 5.80. The van der Waals surface area contributed by atoms with Crippen LogP contribution >= 0.6 is 0 Å². The van der Waals surface area contributed by atoms with Gasteiger partial charge in [-0.3, -0.25) is 9.59 Å². The highest BCUT2D eigenvalue weighted by Gasteiger charge is 2.56. The lowest BCUT2D eigenvalue weighted by Crippen LogP contribution is -2.48. The van der Waals surface area contributed by atoms with E-state index < -0.39 is 17.5 Å². The van der Waals surface area contributed by atoms with E-state index in [9.17, 15) is 9.59 Å². The van der Waals surface area contributed by atoms with Crippen LogP contribution in [0.15, 0.2) is 18.2 Å². The van der Waals surface area contributed by atoms with E-state index in [-0.39, 0.29) is 5.78 Å². The van der Waals surface area contributed by atoms with Crippen molar-refractivity contribution in [2.45, 2.75) is 38.2 Å². The molecule has 1 aromatic carbocycles. The number of hydrogen-bond acceptors (Lipinski definition) is 5. The van der Waals surface area contributed by atoms with Gasteiger partial charge < -0.3 is 9.57 Å². The van der Waals surface area contributed by atoms with Gasteiger partial charge in [-0.15, -0.1) is 0 Å². The lowest BCUT2D eigenvalue weighted by atomic mass is 9.81. The average molecular weight is 303 g/mol. The predicted molar refractivity (Wildman–Crippen MR) is 80.3 cm³/mol. The Labute approximate surface area is 130 Å². The molecule has 0 radical (unpaired) electrons. The van der Waals surface area contributed by atoms with Gasteiger partial charge in [0.2, 0.25) is 0 Å². The van der Waals surface area contributed by atoms with Gasteiger partial charge in [0.05, 0.1) is 7.11 Å². The molecule has 5 heteroatoms. The number of hydrogen-bond donors (Lipinski definition) is 0. The first-order valence-corrected chi connectivity index (χ1v) is 7.60. The summed E-state index contributed by atoms with van der Waals surface area (Å²) in [5.74, 6) is -1.29. The maximum Gasteiger partial charge on any atom is 0.322 e. The molecule has 1 atom stereocenters. The number of benzene rings is 1. The quantitative estimate of drug-likeness (QED) is 0.617. The fourth-order valence-electron chi connectivity index (χ4n) is 3.47. The van der Waals surface area contributed by atoms with Gasteiger partial charge in [-0.05, 0) is 25.0 Å². The van der Waals surface area contributed by atoms with Gasteiger partial charge in [-0.2, -0.15) is 5.06 Å². The molecule has 3 rings (SSSR count). The Balaban J connectivity index is 1.89. The van der Waals surface area contributed by atoms with Crippen LogP contribution < -0.4 is 0 Å². The molecular weight excluding hydrogens is 282 g/mol. The zero-order chi connectivity index (χ0) is 15.9. The third-order valence-electron chi connectivity index (χ3n) is 4.77. The van der Waals surface area contributed by atoms with Gasteiger partial charge in [-0.1, -0.05) is 23.8 Å². The van der Waals surface area contributed by atoms with Crippen molar-refractivity contribution in [3.63, 3.8) is 0 Å². The second kappa shape index (κ2) is 5.48. The van der Waals surface area contributed by atoms with Crippen molar-refractivity contribution in [1.29, 1.82) is 0 Å². The molecular formula is C17H21NO4. The lowest BCUT2D eigenvalue weighted by Gasteiger charge is -2.35. The van der Waals surface area contributed by atoms with Crippen LogP contribution in [0.2, 0.25) is 0 Å². The number of ether oxygens (including phenoxy) is 1. The maximum atomic E-state index is 12.9. The molecule has 2 aliphatic heterocycles. The zero-order valence-electron chi connectivity index (χ0n) is 13.2. The zero-order valence-corrected chi connectivity index (χ0v) is 13.2. The van der Waals surface area contributed by atoms with Crippen LogP contribution in [-0.4, -0.2) is 42.6 Å². The van der Waals surface area contributed by atoms with Gasteiger partial charge in [-0.25, -0.2) is 0 Å². The van der Waals surface area contributed by atoms with Gasteiger partial charge >= 0.3 is 5.97 Å². The minimum absolute atomic E-state index is 0.0970. The number of esters is 1. The highest BCUT2D eigenvalue weighted by Crippen LogP contribution is 2.41. The molecule has 0 N–H and O–H groups in total. The third kappa shape index (κ3) is 2.34. The van der Waals surface area contributed by atoms with Crippen molar-refractivity contribution < 1.29 is 19.2 Å². The van der Waals surface area contributed by atoms with Crippen molar-refractivity contribution in [1.82, 2.24) is 5.06 Å². The Morgan fingerprint density at radius 3 is 2.50 bits per heavy atom. The normalized spacial score (nSPS) is 24.8. The maximum absolute atomic E-state index is 12.9. The SMILES string of the molecule is CON1CCC2(CC1)OC(=O)C(c1ccc(C)cc1C)C2=O. The summed E-state index contributed by atoms with van der Waals surface area (Å²) >= 11 is 0. The van der Waals surface area contributed by atoms with Gasteiger partial charge in [0.1, 0.15) is 5.92 Å². The number of Topliss-reactive ketones (excluding diaryl/α,β-unsaturated/α-hetero) is 1. The van der Waals surface area contributed by atoms with Gasteiger partial charge in [0, 0.05) is 25.9 Å². The van der Waals surface area contributed by atoms with E-state index in [4.69, 9.17) is 9.57 Å². The molecule has 2 aliphatic rings. The van der Waals surface area contributed by atoms with Crippen LogP contribution in [0.3, 0.4) is 0 Å². The fourth-order valence-corrected chi connectivity index (χ4v) is 3.47. The summed E-state index contributed by atoms with van der Waals surface area (Å²) in [5.41, 5.74) is 1.88. The first-order chi connectivity index (χ1) is 10.5. The molecule has 0 aromatic heterocycles. The molecule has 0 saturated carbocycles. The second-order valence-corrected chi connectivity index (χ2v) is 6.18. The molecule has 0 bridgehead atoms. The van der Waals surface area contributed by atoms with Crippen LogP contribution in [0.25, 0.3) is 0 Å². The Morgan fingerprint density at radius 2 is 1.91 bits per heavy atom. The predicted octanol–water partition coefficient (Wildman–Crippen LogP) is 1.91. The Bertz CT molecular complexity index is 617. The van der Waals surface area contributed by atoms with Crippen molar-refractivity contribution in [2.75, 3.05) is 20.2 Å². The largest absolute Gasteiger partial charge is 0.450 e. The number of carbonyl (C=O) groups is 2. The van der Waals surface area contributed by atoms with E-state index in [0.29, 0.717) is 25.9 Å². The molecule has 0 amide bonds. The molecule has 22 heavy (non-hydrogen) atoms. The summed E-state index contributed by atoms with van der Waals surface area (Å²) in [6.45, 7) is 5.11. The highest BCUT2D eigenvalue weighted by molar-refractivity contribution is 6.13. The second-order valence-electron chi connectivity index (χ2n) is 6.18. The van der Waals surface area contributed by atoms with E-state index in [2.05, 4.69) is 0 Å². The summed E-state index contributed by atoms with van der Waals surface area (Å²) in [5, 5.41) is 1.79. The molecule has 118 valence electrons. The first kappa shape index (κ1) is 15.2. The third-order valence-corrected chi connectivity index (χ3v) is 4.77. The molecule has 2 heterocycles. The molecule has 2 fully saturated rings. The molecule has 1 spiro atoms. The number of hydroxylamine groups is 2. The summed E-state index contributed by atoms with van der Waals surface area (Å²) in [4.78, 5) is 30.5. The number of nitrogens with zero attached hydrogens (tertiary/aromatic N) is 1. The van der Waals surface area contributed by atoms with Gasteiger partial charge in [0.25, 0.3) is 0 Å². The van der Waals surface area contributed by atoms with E-state index >= 15 is 0 Å². The van der Waals surface area contributed by atoms with Crippen molar-refractivity contribution in [2.24, 2.45) is 0 Å². The van der Waals surface area contributed by atoms with Crippen LogP contribution in [0.4, 0.5) is 0 Å². The summed E-state index contributed by atoms with van der Waals surface area (Å²) in [7, 11) is 1.61. The van der Waals surface area contributed by atoms with Gasteiger partial charge in [0.15, 0.2) is 11.4 Å².